The monoisotopic (exact) mass is 410 g/mol. The van der Waals surface area contributed by atoms with Gasteiger partial charge in [0.15, 0.2) is 5.13 Å². The summed E-state index contributed by atoms with van der Waals surface area (Å²) in [5, 5.41) is 8.19. The highest BCUT2D eigenvalue weighted by Gasteiger charge is 2.11. The van der Waals surface area contributed by atoms with Gasteiger partial charge in [-0.1, -0.05) is 66.2 Å². The Hall–Kier alpha value is -2.34. The Balaban J connectivity index is 1.43. The molecule has 0 aliphatic heterocycles. The van der Waals surface area contributed by atoms with Gasteiger partial charge in [0, 0.05) is 26.2 Å². The minimum atomic E-state index is -0.0852. The van der Waals surface area contributed by atoms with Crippen LogP contribution in [0, 0.1) is 0 Å². The van der Waals surface area contributed by atoms with Crippen LogP contribution in [0.3, 0.4) is 0 Å². The molecule has 134 valence electrons. The van der Waals surface area contributed by atoms with Gasteiger partial charge >= 0.3 is 0 Å². The number of nitrogens with zero attached hydrogens (tertiary/aromatic N) is 1. The number of carbonyl (C=O) groups is 1. The SMILES string of the molecule is O=C(CSc1cccc2cccc(Cl)c12)Nc1nc(-c2ccccc2)cs1. The lowest BCUT2D eigenvalue weighted by atomic mass is 10.1. The van der Waals surface area contributed by atoms with Crippen LogP contribution in [0.4, 0.5) is 5.13 Å². The zero-order valence-corrected chi connectivity index (χ0v) is 16.6. The number of aromatic nitrogens is 1. The van der Waals surface area contributed by atoms with E-state index in [9.17, 15) is 4.79 Å². The topological polar surface area (TPSA) is 42.0 Å². The second kappa shape index (κ2) is 8.13. The molecule has 3 aromatic carbocycles. The van der Waals surface area contributed by atoms with E-state index in [1.54, 1.807) is 0 Å². The van der Waals surface area contributed by atoms with E-state index in [1.807, 2.05) is 72.1 Å². The highest BCUT2D eigenvalue weighted by molar-refractivity contribution is 8.00. The maximum Gasteiger partial charge on any atom is 0.236 e. The largest absolute Gasteiger partial charge is 0.301 e. The molecule has 4 aromatic rings. The second-order valence-electron chi connectivity index (χ2n) is 5.83. The van der Waals surface area contributed by atoms with E-state index in [4.69, 9.17) is 11.6 Å². The van der Waals surface area contributed by atoms with Gasteiger partial charge in [-0.15, -0.1) is 23.1 Å². The Morgan fingerprint density at radius 3 is 2.63 bits per heavy atom. The van der Waals surface area contributed by atoms with Crippen LogP contribution < -0.4 is 5.32 Å². The molecule has 0 radical (unpaired) electrons. The van der Waals surface area contributed by atoms with E-state index >= 15 is 0 Å². The quantitative estimate of drug-likeness (QED) is 0.390. The normalized spacial score (nSPS) is 10.9. The molecule has 0 fully saturated rings. The van der Waals surface area contributed by atoms with Crippen LogP contribution >= 0.6 is 34.7 Å². The highest BCUT2D eigenvalue weighted by Crippen LogP contribution is 2.33. The average molecular weight is 411 g/mol. The molecule has 4 rings (SSSR count). The zero-order valence-electron chi connectivity index (χ0n) is 14.2. The first-order valence-corrected chi connectivity index (χ1v) is 10.6. The third-order valence-electron chi connectivity index (χ3n) is 3.99. The Kier molecular flexibility index (Phi) is 5.43. The lowest BCUT2D eigenvalue weighted by Crippen LogP contribution is -2.13. The van der Waals surface area contributed by atoms with Crippen LogP contribution in [-0.4, -0.2) is 16.6 Å². The summed E-state index contributed by atoms with van der Waals surface area (Å²) in [4.78, 5) is 17.8. The lowest BCUT2D eigenvalue weighted by Gasteiger charge is -2.07. The van der Waals surface area contributed by atoms with Crippen molar-refractivity contribution >= 4 is 56.5 Å². The van der Waals surface area contributed by atoms with Crippen LogP contribution in [-0.2, 0) is 4.79 Å². The van der Waals surface area contributed by atoms with Crippen molar-refractivity contribution in [3.63, 3.8) is 0 Å². The minimum absolute atomic E-state index is 0.0852. The summed E-state index contributed by atoms with van der Waals surface area (Å²) < 4.78 is 0. The summed E-state index contributed by atoms with van der Waals surface area (Å²) in [6.07, 6.45) is 0. The molecule has 6 heteroatoms. The molecular formula is C21H15ClN2OS2. The molecule has 27 heavy (non-hydrogen) atoms. The predicted molar refractivity (Wildman–Crippen MR) is 116 cm³/mol. The highest BCUT2D eigenvalue weighted by atomic mass is 35.5. The standard InChI is InChI=1S/C21H15ClN2OS2/c22-16-10-4-8-15-9-5-11-18(20(15)16)26-13-19(25)24-21-23-17(12-27-21)14-6-2-1-3-7-14/h1-12H,13H2,(H,23,24,25). The molecule has 0 saturated carbocycles. The molecule has 0 bridgehead atoms. The lowest BCUT2D eigenvalue weighted by molar-refractivity contribution is -0.113. The first-order chi connectivity index (χ1) is 13.2. The number of thiazole rings is 1. The molecule has 0 spiro atoms. The Labute approximate surface area is 170 Å². The van der Waals surface area contributed by atoms with Crippen LogP contribution in [0.1, 0.15) is 0 Å². The smallest absolute Gasteiger partial charge is 0.236 e. The number of fused-ring (bicyclic) bond motifs is 1. The summed E-state index contributed by atoms with van der Waals surface area (Å²) >= 11 is 9.25. The molecule has 0 atom stereocenters. The average Bonchev–Trinajstić information content (AvgIpc) is 3.15. The van der Waals surface area contributed by atoms with Crippen LogP contribution in [0.25, 0.3) is 22.0 Å². The van der Waals surface area contributed by atoms with Crippen molar-refractivity contribution in [3.8, 4) is 11.3 Å². The van der Waals surface area contributed by atoms with Crippen molar-refractivity contribution in [1.82, 2.24) is 4.98 Å². The maximum absolute atomic E-state index is 12.4. The zero-order chi connectivity index (χ0) is 18.6. The number of halogens is 1. The number of carbonyl (C=O) groups excluding carboxylic acids is 1. The summed E-state index contributed by atoms with van der Waals surface area (Å²) in [5.74, 6) is 0.211. The van der Waals surface area contributed by atoms with Crippen LogP contribution in [0.5, 0.6) is 0 Å². The third kappa shape index (κ3) is 4.16. The first-order valence-electron chi connectivity index (χ1n) is 8.31. The van der Waals surface area contributed by atoms with Crippen molar-refractivity contribution in [2.75, 3.05) is 11.1 Å². The van der Waals surface area contributed by atoms with Crippen molar-refractivity contribution in [2.24, 2.45) is 0 Å². The molecule has 1 heterocycles. The molecule has 1 N–H and O–H groups in total. The number of anilines is 1. The fourth-order valence-electron chi connectivity index (χ4n) is 2.75. The van der Waals surface area contributed by atoms with Crippen molar-refractivity contribution in [2.45, 2.75) is 4.90 Å². The molecule has 1 amide bonds. The Bertz CT molecular complexity index is 1090. The van der Waals surface area contributed by atoms with Crippen molar-refractivity contribution in [1.29, 1.82) is 0 Å². The number of hydrogen-bond acceptors (Lipinski definition) is 4. The number of benzene rings is 3. The van der Waals surface area contributed by atoms with Crippen LogP contribution in [0.2, 0.25) is 5.02 Å². The van der Waals surface area contributed by atoms with Crippen LogP contribution in [0.15, 0.2) is 77.0 Å². The number of amides is 1. The van der Waals surface area contributed by atoms with Gasteiger partial charge in [0.05, 0.1) is 11.4 Å². The molecule has 1 aromatic heterocycles. The van der Waals surface area contributed by atoms with Crippen molar-refractivity contribution < 1.29 is 4.79 Å². The molecular weight excluding hydrogens is 396 g/mol. The van der Waals surface area contributed by atoms with Gasteiger partial charge in [0.25, 0.3) is 0 Å². The van der Waals surface area contributed by atoms with Gasteiger partial charge in [-0.25, -0.2) is 4.98 Å². The summed E-state index contributed by atoms with van der Waals surface area (Å²) in [7, 11) is 0. The fraction of sp³-hybridized carbons (Fsp3) is 0.0476. The number of nitrogens with one attached hydrogen (secondary N) is 1. The summed E-state index contributed by atoms with van der Waals surface area (Å²) in [5.41, 5.74) is 1.90. The van der Waals surface area contributed by atoms with E-state index in [1.165, 1.54) is 23.1 Å². The van der Waals surface area contributed by atoms with Gasteiger partial charge < -0.3 is 5.32 Å². The second-order valence-corrected chi connectivity index (χ2v) is 8.12. The molecule has 0 aliphatic carbocycles. The summed E-state index contributed by atoms with van der Waals surface area (Å²) in [6.45, 7) is 0. The Morgan fingerprint density at radius 1 is 1.04 bits per heavy atom. The van der Waals surface area contributed by atoms with E-state index in [0.717, 1.165) is 26.9 Å². The van der Waals surface area contributed by atoms with E-state index in [2.05, 4.69) is 10.3 Å². The molecule has 0 saturated heterocycles. The molecule has 0 aliphatic rings. The number of hydrogen-bond donors (Lipinski definition) is 1. The van der Waals surface area contributed by atoms with Gasteiger partial charge in [0.1, 0.15) is 0 Å². The molecule has 3 nitrogen and oxygen atoms in total. The fourth-order valence-corrected chi connectivity index (χ4v) is 4.73. The molecule has 0 unspecified atom stereocenters. The van der Waals surface area contributed by atoms with Crippen molar-refractivity contribution in [3.05, 3.63) is 77.1 Å². The number of rotatable bonds is 5. The Morgan fingerprint density at radius 2 is 1.81 bits per heavy atom. The minimum Gasteiger partial charge on any atom is -0.301 e. The number of thioether (sulfide) groups is 1. The predicted octanol–water partition coefficient (Wildman–Crippen LogP) is 6.35. The van der Waals surface area contributed by atoms with E-state index in [-0.39, 0.29) is 5.91 Å². The third-order valence-corrected chi connectivity index (χ3v) is 6.12. The van der Waals surface area contributed by atoms with E-state index in [0.29, 0.717) is 15.9 Å². The van der Waals surface area contributed by atoms with Gasteiger partial charge in [-0.3, -0.25) is 4.79 Å². The van der Waals surface area contributed by atoms with E-state index < -0.39 is 0 Å². The van der Waals surface area contributed by atoms with Gasteiger partial charge in [-0.05, 0) is 17.5 Å². The van der Waals surface area contributed by atoms with Gasteiger partial charge in [0.2, 0.25) is 5.91 Å². The maximum atomic E-state index is 12.4. The first kappa shape index (κ1) is 18.0. The summed E-state index contributed by atoms with van der Waals surface area (Å²) in [6, 6.07) is 21.7. The van der Waals surface area contributed by atoms with Gasteiger partial charge in [-0.2, -0.15) is 0 Å².